The first-order chi connectivity index (χ1) is 21.4. The third kappa shape index (κ3) is 5.60. The van der Waals surface area contributed by atoms with E-state index in [4.69, 9.17) is 18.9 Å². The van der Waals surface area contributed by atoms with E-state index < -0.39 is 12.1 Å². The van der Waals surface area contributed by atoms with Crippen LogP contribution in [0.15, 0.2) is 72.8 Å². The molecule has 0 bridgehead atoms. The Labute approximate surface area is 257 Å². The van der Waals surface area contributed by atoms with Crippen LogP contribution in [0.5, 0.6) is 0 Å². The van der Waals surface area contributed by atoms with Crippen molar-refractivity contribution in [3.05, 3.63) is 106 Å². The fourth-order valence-electron chi connectivity index (χ4n) is 6.79. The maximum Gasteiger partial charge on any atom is 0.261 e. The van der Waals surface area contributed by atoms with Crippen molar-refractivity contribution in [3.63, 3.8) is 0 Å². The highest BCUT2D eigenvalue weighted by Crippen LogP contribution is 2.42. The van der Waals surface area contributed by atoms with Crippen molar-refractivity contribution < 1.29 is 33.6 Å². The summed E-state index contributed by atoms with van der Waals surface area (Å²) in [4.78, 5) is 29.5. The summed E-state index contributed by atoms with van der Waals surface area (Å²) in [6.07, 6.45) is 0.795. The molecule has 3 saturated heterocycles. The molecule has 7 rings (SSSR count). The first kappa shape index (κ1) is 29.3. The van der Waals surface area contributed by atoms with Gasteiger partial charge in [0.05, 0.1) is 49.7 Å². The number of likely N-dealkylation sites (tertiary alicyclic amines) is 1. The Morgan fingerprint density at radius 1 is 0.795 bits per heavy atom. The average molecular weight is 599 g/mol. The smallest absolute Gasteiger partial charge is 0.261 e. The summed E-state index contributed by atoms with van der Waals surface area (Å²) < 4.78 is 25.2. The Bertz CT molecular complexity index is 1460. The standard InChI is InChI=1S/C35H38N2O7/c1-23-30(21-36-16-14-35(15-17-36)41-18-19-42-35)43-34(44-31(23)26-10-8-25(22-38)9-11-26)27-12-6-24(7-13-27)20-37-32(39)28-4-2-3-5-29(28)33(37)40/h2-13,23,30-31,34,38H,14-22H2,1H3/t23-,30+,31+,34+/m1/s1. The number of amides is 2. The molecule has 3 fully saturated rings. The number of hydrogen-bond acceptors (Lipinski definition) is 8. The molecule has 9 nitrogen and oxygen atoms in total. The molecule has 1 spiro atoms. The summed E-state index contributed by atoms with van der Waals surface area (Å²) in [5, 5.41) is 9.55. The Kier molecular flexibility index (Phi) is 8.09. The van der Waals surface area contributed by atoms with Gasteiger partial charge in [0.2, 0.25) is 0 Å². The quantitative estimate of drug-likeness (QED) is 0.394. The Morgan fingerprint density at radius 2 is 1.39 bits per heavy atom. The van der Waals surface area contributed by atoms with Crippen LogP contribution in [0.2, 0.25) is 0 Å². The molecule has 4 atom stereocenters. The minimum Gasteiger partial charge on any atom is -0.392 e. The van der Waals surface area contributed by atoms with Gasteiger partial charge in [-0.2, -0.15) is 0 Å². The molecule has 0 saturated carbocycles. The number of benzene rings is 3. The second-order valence-corrected chi connectivity index (χ2v) is 12.2. The summed E-state index contributed by atoms with van der Waals surface area (Å²) in [6.45, 7) is 6.20. The molecule has 230 valence electrons. The molecular weight excluding hydrogens is 560 g/mol. The van der Waals surface area contributed by atoms with Crippen LogP contribution < -0.4 is 0 Å². The molecule has 1 N–H and O–H groups in total. The van der Waals surface area contributed by atoms with Crippen LogP contribution in [0.3, 0.4) is 0 Å². The molecular formula is C35H38N2O7. The zero-order valence-electron chi connectivity index (χ0n) is 24.9. The number of nitrogens with zero attached hydrogens (tertiary/aromatic N) is 2. The molecule has 0 aliphatic carbocycles. The lowest BCUT2D eigenvalue weighted by molar-refractivity contribution is -0.278. The molecule has 0 unspecified atom stereocenters. The lowest BCUT2D eigenvalue weighted by Crippen LogP contribution is -2.50. The molecule has 9 heteroatoms. The molecule has 4 heterocycles. The maximum absolute atomic E-state index is 12.9. The van der Waals surface area contributed by atoms with Crippen molar-refractivity contribution in [1.82, 2.24) is 9.80 Å². The predicted octanol–water partition coefficient (Wildman–Crippen LogP) is 4.61. The van der Waals surface area contributed by atoms with Crippen LogP contribution in [0.25, 0.3) is 0 Å². The van der Waals surface area contributed by atoms with Gasteiger partial charge in [-0.3, -0.25) is 14.5 Å². The summed E-state index contributed by atoms with van der Waals surface area (Å²) in [7, 11) is 0. The first-order valence-electron chi connectivity index (χ1n) is 15.5. The van der Waals surface area contributed by atoms with E-state index >= 15 is 0 Å². The van der Waals surface area contributed by atoms with E-state index in [1.165, 1.54) is 4.90 Å². The summed E-state index contributed by atoms with van der Waals surface area (Å²) >= 11 is 0. The number of carbonyl (C=O) groups is 2. The topological polar surface area (TPSA) is 97.8 Å². The van der Waals surface area contributed by atoms with Gasteiger partial charge in [0, 0.05) is 44.0 Å². The number of piperidine rings is 1. The van der Waals surface area contributed by atoms with Gasteiger partial charge in [-0.15, -0.1) is 0 Å². The highest BCUT2D eigenvalue weighted by atomic mass is 16.7. The number of ether oxygens (including phenoxy) is 4. The number of fused-ring (bicyclic) bond motifs is 1. The second kappa shape index (κ2) is 12.2. The highest BCUT2D eigenvalue weighted by Gasteiger charge is 2.43. The van der Waals surface area contributed by atoms with E-state index in [1.54, 1.807) is 24.3 Å². The molecule has 2 amide bonds. The van der Waals surface area contributed by atoms with Gasteiger partial charge in [0.25, 0.3) is 11.8 Å². The first-order valence-corrected chi connectivity index (χ1v) is 15.5. The Morgan fingerprint density at radius 3 is 2.00 bits per heavy atom. The van der Waals surface area contributed by atoms with Crippen molar-refractivity contribution in [2.45, 2.75) is 57.2 Å². The normalized spacial score (nSPS) is 26.8. The van der Waals surface area contributed by atoms with E-state index in [2.05, 4.69) is 11.8 Å². The van der Waals surface area contributed by atoms with Crippen LogP contribution in [0.1, 0.15) is 75.1 Å². The summed E-state index contributed by atoms with van der Waals surface area (Å²) in [5.74, 6) is -0.882. The SMILES string of the molecule is C[C@@H]1[C@H](CN2CCC3(CC2)OCCO3)O[C@H](c2ccc(CN3C(=O)c4ccccc4C3=O)cc2)O[C@@H]1c1ccc(CO)cc1. The van der Waals surface area contributed by atoms with Crippen molar-refractivity contribution in [1.29, 1.82) is 0 Å². The van der Waals surface area contributed by atoms with E-state index in [0.717, 1.165) is 54.7 Å². The van der Waals surface area contributed by atoms with Crippen molar-refractivity contribution in [2.24, 2.45) is 5.92 Å². The largest absolute Gasteiger partial charge is 0.392 e. The van der Waals surface area contributed by atoms with Crippen molar-refractivity contribution in [2.75, 3.05) is 32.8 Å². The fraction of sp³-hybridized carbons (Fsp3) is 0.429. The van der Waals surface area contributed by atoms with Gasteiger partial charge < -0.3 is 29.0 Å². The number of aliphatic hydroxyl groups excluding tert-OH is 1. The zero-order valence-corrected chi connectivity index (χ0v) is 24.9. The molecule has 4 aliphatic rings. The van der Waals surface area contributed by atoms with Gasteiger partial charge in [-0.05, 0) is 28.8 Å². The molecule has 4 aliphatic heterocycles. The molecule has 0 radical (unpaired) electrons. The number of imide groups is 1. The second-order valence-electron chi connectivity index (χ2n) is 12.2. The monoisotopic (exact) mass is 598 g/mol. The Balaban J connectivity index is 1.08. The van der Waals surface area contributed by atoms with Crippen LogP contribution >= 0.6 is 0 Å². The third-order valence-corrected chi connectivity index (χ3v) is 9.46. The number of rotatable bonds is 7. The number of hydrogen-bond donors (Lipinski definition) is 1. The maximum atomic E-state index is 12.9. The minimum atomic E-state index is -0.593. The van der Waals surface area contributed by atoms with E-state index in [1.807, 2.05) is 48.5 Å². The van der Waals surface area contributed by atoms with Crippen molar-refractivity contribution >= 4 is 11.8 Å². The van der Waals surface area contributed by atoms with E-state index in [0.29, 0.717) is 24.3 Å². The highest BCUT2D eigenvalue weighted by molar-refractivity contribution is 6.21. The third-order valence-electron chi connectivity index (χ3n) is 9.46. The van der Waals surface area contributed by atoms with Gasteiger partial charge in [0.1, 0.15) is 0 Å². The Hall–Kier alpha value is -3.44. The van der Waals surface area contributed by atoms with Gasteiger partial charge in [-0.25, -0.2) is 0 Å². The molecule has 3 aromatic rings. The van der Waals surface area contributed by atoms with E-state index in [-0.39, 0.29) is 43.1 Å². The van der Waals surface area contributed by atoms with Crippen LogP contribution in [0, 0.1) is 5.92 Å². The van der Waals surface area contributed by atoms with Crippen LogP contribution in [0.4, 0.5) is 0 Å². The fourth-order valence-corrected chi connectivity index (χ4v) is 6.79. The lowest BCUT2D eigenvalue weighted by atomic mass is 9.89. The molecule has 3 aromatic carbocycles. The number of aliphatic hydroxyl groups is 1. The van der Waals surface area contributed by atoms with Gasteiger partial charge >= 0.3 is 0 Å². The lowest BCUT2D eigenvalue weighted by Gasteiger charge is -2.44. The average Bonchev–Trinajstić information content (AvgIpc) is 3.62. The van der Waals surface area contributed by atoms with Gasteiger partial charge in [-0.1, -0.05) is 67.6 Å². The van der Waals surface area contributed by atoms with Crippen LogP contribution in [-0.2, 0) is 32.1 Å². The zero-order chi connectivity index (χ0) is 30.3. The molecule has 44 heavy (non-hydrogen) atoms. The minimum absolute atomic E-state index is 0.00728. The van der Waals surface area contributed by atoms with Gasteiger partial charge in [0.15, 0.2) is 12.1 Å². The predicted molar refractivity (Wildman–Crippen MR) is 160 cm³/mol. The van der Waals surface area contributed by atoms with E-state index in [9.17, 15) is 14.7 Å². The summed E-state index contributed by atoms with van der Waals surface area (Å²) in [6, 6.07) is 22.6. The van der Waals surface area contributed by atoms with Crippen molar-refractivity contribution in [3.8, 4) is 0 Å². The number of carbonyl (C=O) groups excluding carboxylic acids is 2. The molecule has 0 aromatic heterocycles. The summed E-state index contributed by atoms with van der Waals surface area (Å²) in [5.41, 5.74) is 4.51. The van der Waals surface area contributed by atoms with Crippen LogP contribution in [-0.4, -0.2) is 71.5 Å².